The Balaban J connectivity index is 1.90. The maximum atomic E-state index is 12.0. The summed E-state index contributed by atoms with van der Waals surface area (Å²) < 4.78 is 5.02. The molecule has 25 heavy (non-hydrogen) atoms. The van der Waals surface area contributed by atoms with Crippen LogP contribution in [-0.2, 0) is 20.7 Å². The number of amides is 1. The molecule has 1 N–H and O–H groups in total. The van der Waals surface area contributed by atoms with Crippen molar-refractivity contribution in [3.63, 3.8) is 0 Å². The van der Waals surface area contributed by atoms with Gasteiger partial charge >= 0.3 is 5.97 Å². The zero-order valence-electron chi connectivity index (χ0n) is 14.4. The summed E-state index contributed by atoms with van der Waals surface area (Å²) in [6.07, 6.45) is 0.392. The number of rotatable bonds is 7. The average molecular weight is 360 g/mol. The third kappa shape index (κ3) is 5.49. The standard InChI is InChI=1S/C18H20N2O4S/c1-11-17(25-13(3)19-11)18(23)24-10-16(22)20-15(12(2)21)9-14-7-5-4-6-8-14/h4-8,15H,9-10H2,1-3H3,(H,20,22)/t15-/m1/s1. The van der Waals surface area contributed by atoms with Crippen LogP contribution in [-0.4, -0.2) is 35.3 Å². The fourth-order valence-corrected chi connectivity index (χ4v) is 3.11. The van der Waals surface area contributed by atoms with Crippen LogP contribution < -0.4 is 5.32 Å². The Kier molecular flexibility index (Phi) is 6.41. The monoisotopic (exact) mass is 360 g/mol. The Bertz CT molecular complexity index is 771. The summed E-state index contributed by atoms with van der Waals surface area (Å²) in [6.45, 7) is 4.49. The van der Waals surface area contributed by atoms with Crippen molar-refractivity contribution < 1.29 is 19.1 Å². The van der Waals surface area contributed by atoms with Gasteiger partial charge in [-0.15, -0.1) is 11.3 Å². The summed E-state index contributed by atoms with van der Waals surface area (Å²) in [6, 6.07) is 8.74. The van der Waals surface area contributed by atoms with E-state index in [2.05, 4.69) is 10.3 Å². The predicted octanol–water partition coefficient (Wildman–Crippen LogP) is 2.23. The van der Waals surface area contributed by atoms with Crippen molar-refractivity contribution in [2.75, 3.05) is 6.61 Å². The molecule has 0 spiro atoms. The van der Waals surface area contributed by atoms with Gasteiger partial charge in [-0.25, -0.2) is 9.78 Å². The molecule has 6 nitrogen and oxygen atoms in total. The Morgan fingerprint density at radius 1 is 1.20 bits per heavy atom. The van der Waals surface area contributed by atoms with Crippen molar-refractivity contribution in [1.82, 2.24) is 10.3 Å². The molecule has 2 rings (SSSR count). The topological polar surface area (TPSA) is 85.4 Å². The number of benzene rings is 1. The molecule has 0 radical (unpaired) electrons. The van der Waals surface area contributed by atoms with Crippen molar-refractivity contribution in [1.29, 1.82) is 0 Å². The first kappa shape index (κ1) is 18.8. The minimum absolute atomic E-state index is 0.155. The van der Waals surface area contributed by atoms with E-state index in [9.17, 15) is 14.4 Å². The minimum atomic E-state index is -0.652. The average Bonchev–Trinajstić information content (AvgIpc) is 2.91. The van der Waals surface area contributed by atoms with E-state index in [0.717, 1.165) is 10.6 Å². The highest BCUT2D eigenvalue weighted by Crippen LogP contribution is 2.17. The molecule has 1 aromatic carbocycles. The lowest BCUT2D eigenvalue weighted by atomic mass is 10.0. The molecule has 0 saturated carbocycles. The van der Waals surface area contributed by atoms with Gasteiger partial charge in [-0.3, -0.25) is 9.59 Å². The van der Waals surface area contributed by atoms with Gasteiger partial charge in [0, 0.05) is 0 Å². The summed E-state index contributed by atoms with van der Waals surface area (Å²) >= 11 is 1.22. The molecule has 0 fully saturated rings. The van der Waals surface area contributed by atoms with Gasteiger partial charge in [-0.2, -0.15) is 0 Å². The summed E-state index contributed by atoms with van der Waals surface area (Å²) in [4.78, 5) is 40.3. The molecule has 132 valence electrons. The molecular formula is C18H20N2O4S. The predicted molar refractivity (Wildman–Crippen MR) is 94.6 cm³/mol. The van der Waals surface area contributed by atoms with Gasteiger partial charge in [-0.1, -0.05) is 30.3 Å². The van der Waals surface area contributed by atoms with Crippen molar-refractivity contribution in [2.24, 2.45) is 0 Å². The molecule has 0 bridgehead atoms. The molecule has 0 unspecified atom stereocenters. The summed E-state index contributed by atoms with van der Waals surface area (Å²) in [7, 11) is 0. The quantitative estimate of drug-likeness (QED) is 0.766. The molecule has 0 saturated heterocycles. The number of thiazole rings is 1. The van der Waals surface area contributed by atoms with Gasteiger partial charge in [-0.05, 0) is 32.8 Å². The molecule has 1 amide bonds. The van der Waals surface area contributed by atoms with Crippen molar-refractivity contribution >= 4 is 29.0 Å². The third-order valence-corrected chi connectivity index (χ3v) is 4.58. The first-order valence-corrected chi connectivity index (χ1v) is 8.63. The maximum Gasteiger partial charge on any atom is 0.350 e. The van der Waals surface area contributed by atoms with Crippen LogP contribution in [0.25, 0.3) is 0 Å². The van der Waals surface area contributed by atoms with E-state index >= 15 is 0 Å². The number of hydrogen-bond donors (Lipinski definition) is 1. The fraction of sp³-hybridized carbons (Fsp3) is 0.333. The van der Waals surface area contributed by atoms with Crippen LogP contribution in [0.15, 0.2) is 30.3 Å². The molecule has 7 heteroatoms. The Morgan fingerprint density at radius 3 is 2.44 bits per heavy atom. The second-order valence-corrected chi connectivity index (χ2v) is 6.85. The zero-order valence-corrected chi connectivity index (χ0v) is 15.2. The van der Waals surface area contributed by atoms with Crippen LogP contribution in [0.5, 0.6) is 0 Å². The molecule has 0 aliphatic carbocycles. The first-order chi connectivity index (χ1) is 11.9. The SMILES string of the molecule is CC(=O)[C@@H](Cc1ccccc1)NC(=O)COC(=O)c1sc(C)nc1C. The number of Topliss-reactive ketones (excluding diaryl/α,β-unsaturated/α-hetero) is 1. The number of esters is 1. The number of carbonyl (C=O) groups excluding carboxylic acids is 3. The van der Waals surface area contributed by atoms with Crippen LogP contribution in [0.4, 0.5) is 0 Å². The lowest BCUT2D eigenvalue weighted by Gasteiger charge is -2.16. The molecule has 1 atom stereocenters. The van der Waals surface area contributed by atoms with Crippen LogP contribution >= 0.6 is 11.3 Å². The summed E-state index contributed by atoms with van der Waals surface area (Å²) in [5.41, 5.74) is 1.52. The van der Waals surface area contributed by atoms with Crippen LogP contribution in [0.1, 0.15) is 32.9 Å². The van der Waals surface area contributed by atoms with Gasteiger partial charge in [0.25, 0.3) is 5.91 Å². The van der Waals surface area contributed by atoms with Gasteiger partial charge in [0.1, 0.15) is 4.88 Å². The Labute approximate surface area is 150 Å². The van der Waals surface area contributed by atoms with Gasteiger partial charge in [0.2, 0.25) is 0 Å². The van der Waals surface area contributed by atoms with Crippen LogP contribution in [0.2, 0.25) is 0 Å². The van der Waals surface area contributed by atoms with Crippen molar-refractivity contribution in [3.05, 3.63) is 51.5 Å². The van der Waals surface area contributed by atoms with E-state index in [4.69, 9.17) is 4.74 Å². The number of carbonyl (C=O) groups is 3. The highest BCUT2D eigenvalue weighted by molar-refractivity contribution is 7.13. The van der Waals surface area contributed by atoms with E-state index in [1.165, 1.54) is 18.3 Å². The second-order valence-electron chi connectivity index (χ2n) is 5.64. The first-order valence-electron chi connectivity index (χ1n) is 7.81. The molecule has 2 aromatic rings. The van der Waals surface area contributed by atoms with E-state index < -0.39 is 24.5 Å². The van der Waals surface area contributed by atoms with Crippen molar-refractivity contribution in [3.8, 4) is 0 Å². The van der Waals surface area contributed by atoms with E-state index in [1.807, 2.05) is 30.3 Å². The molecule has 1 heterocycles. The van der Waals surface area contributed by atoms with Crippen molar-refractivity contribution in [2.45, 2.75) is 33.2 Å². The summed E-state index contributed by atoms with van der Waals surface area (Å²) in [5, 5.41) is 3.37. The number of hydrogen-bond acceptors (Lipinski definition) is 6. The smallest absolute Gasteiger partial charge is 0.350 e. The second kappa shape index (κ2) is 8.53. The Hall–Kier alpha value is -2.54. The Morgan fingerprint density at radius 2 is 1.88 bits per heavy atom. The van der Waals surface area contributed by atoms with Crippen LogP contribution in [0.3, 0.4) is 0 Å². The number of nitrogens with zero attached hydrogens (tertiary/aromatic N) is 1. The van der Waals surface area contributed by atoms with E-state index in [0.29, 0.717) is 17.0 Å². The fourth-order valence-electron chi connectivity index (χ4n) is 2.30. The van der Waals surface area contributed by atoms with Gasteiger partial charge < -0.3 is 10.1 Å². The highest BCUT2D eigenvalue weighted by atomic mass is 32.1. The number of aromatic nitrogens is 1. The van der Waals surface area contributed by atoms with Crippen LogP contribution in [0, 0.1) is 13.8 Å². The highest BCUT2D eigenvalue weighted by Gasteiger charge is 2.20. The largest absolute Gasteiger partial charge is 0.451 e. The third-order valence-electron chi connectivity index (χ3n) is 3.53. The van der Waals surface area contributed by atoms with E-state index in [1.54, 1.807) is 13.8 Å². The zero-order chi connectivity index (χ0) is 18.4. The minimum Gasteiger partial charge on any atom is -0.451 e. The molecule has 0 aliphatic heterocycles. The lowest BCUT2D eigenvalue weighted by molar-refractivity contribution is -0.128. The van der Waals surface area contributed by atoms with Gasteiger partial charge in [0.05, 0.1) is 16.7 Å². The molecule has 0 aliphatic rings. The van der Waals surface area contributed by atoms with Gasteiger partial charge in [0.15, 0.2) is 12.4 Å². The number of ketones is 1. The number of ether oxygens (including phenoxy) is 1. The number of nitrogens with one attached hydrogen (secondary N) is 1. The molecule has 1 aromatic heterocycles. The normalized spacial score (nSPS) is 11.6. The van der Waals surface area contributed by atoms with E-state index in [-0.39, 0.29) is 5.78 Å². The summed E-state index contributed by atoms with van der Waals surface area (Å²) in [5.74, 6) is -1.25. The maximum absolute atomic E-state index is 12.0. The number of aryl methyl sites for hydroxylation is 2. The molecular weight excluding hydrogens is 340 g/mol. The lowest BCUT2D eigenvalue weighted by Crippen LogP contribution is -2.43.